The molecule has 0 fully saturated rings. The molecule has 1 amide bonds. The van der Waals surface area contributed by atoms with Crippen molar-refractivity contribution in [2.75, 3.05) is 13.2 Å². The Labute approximate surface area is 136 Å². The summed E-state index contributed by atoms with van der Waals surface area (Å²) in [4.78, 5) is 11.6. The molecule has 0 unspecified atom stereocenters. The second-order valence-corrected chi connectivity index (χ2v) is 6.39. The van der Waals surface area contributed by atoms with Crippen LogP contribution in [0.4, 0.5) is 0 Å². The topological polar surface area (TPSA) is 50.4 Å². The molecule has 20 heavy (non-hydrogen) atoms. The van der Waals surface area contributed by atoms with Crippen LogP contribution in [-0.2, 0) is 11.3 Å². The number of benzene rings is 1. The van der Waals surface area contributed by atoms with Gasteiger partial charge in [0.25, 0.3) is 5.91 Å². The summed E-state index contributed by atoms with van der Waals surface area (Å²) in [5, 5.41) is 6.05. The van der Waals surface area contributed by atoms with Gasteiger partial charge in [-0.1, -0.05) is 6.92 Å². The Bertz CT molecular complexity index is 441. The van der Waals surface area contributed by atoms with Crippen LogP contribution in [0.3, 0.4) is 0 Å². The van der Waals surface area contributed by atoms with E-state index in [4.69, 9.17) is 4.74 Å². The van der Waals surface area contributed by atoms with Crippen LogP contribution in [0, 0.1) is 0 Å². The van der Waals surface area contributed by atoms with E-state index in [1.807, 2.05) is 26.0 Å². The standard InChI is InChI=1S/C14H20Br2N2O2/c1-4-17-7-10-5-11(15)14(12(16)6-10)20-8-13(19)18-9(2)3/h5-6,9,17H,4,7-8H2,1-3H3,(H,18,19). The van der Waals surface area contributed by atoms with E-state index in [1.54, 1.807) is 0 Å². The fourth-order valence-electron chi connectivity index (χ4n) is 1.62. The van der Waals surface area contributed by atoms with Crippen molar-refractivity contribution in [1.82, 2.24) is 10.6 Å². The summed E-state index contributed by atoms with van der Waals surface area (Å²) in [6.07, 6.45) is 0. The summed E-state index contributed by atoms with van der Waals surface area (Å²) in [7, 11) is 0. The maximum atomic E-state index is 11.6. The van der Waals surface area contributed by atoms with Crippen LogP contribution in [-0.4, -0.2) is 25.1 Å². The molecule has 0 bridgehead atoms. The van der Waals surface area contributed by atoms with Crippen LogP contribution in [0.2, 0.25) is 0 Å². The first-order valence-electron chi connectivity index (χ1n) is 6.54. The first-order chi connectivity index (χ1) is 9.43. The molecule has 6 heteroatoms. The number of amides is 1. The minimum Gasteiger partial charge on any atom is -0.481 e. The molecule has 2 N–H and O–H groups in total. The van der Waals surface area contributed by atoms with Crippen LogP contribution in [0.15, 0.2) is 21.1 Å². The van der Waals surface area contributed by atoms with Crippen molar-refractivity contribution in [3.8, 4) is 5.75 Å². The molecular formula is C14H20Br2N2O2. The molecular weight excluding hydrogens is 388 g/mol. The average Bonchev–Trinajstić information content (AvgIpc) is 2.34. The predicted molar refractivity (Wildman–Crippen MR) is 88.0 cm³/mol. The average molecular weight is 408 g/mol. The zero-order valence-corrected chi connectivity index (χ0v) is 15.1. The van der Waals surface area contributed by atoms with Gasteiger partial charge in [0.15, 0.2) is 6.61 Å². The van der Waals surface area contributed by atoms with Gasteiger partial charge in [-0.15, -0.1) is 0 Å². The molecule has 0 aromatic heterocycles. The molecule has 0 aliphatic carbocycles. The molecule has 4 nitrogen and oxygen atoms in total. The van der Waals surface area contributed by atoms with E-state index in [0.717, 1.165) is 27.6 Å². The van der Waals surface area contributed by atoms with E-state index < -0.39 is 0 Å². The van der Waals surface area contributed by atoms with Gasteiger partial charge in [-0.3, -0.25) is 4.79 Å². The van der Waals surface area contributed by atoms with E-state index >= 15 is 0 Å². The number of hydrogen-bond donors (Lipinski definition) is 2. The minimum absolute atomic E-state index is 0.00192. The third-order valence-electron chi connectivity index (χ3n) is 2.43. The van der Waals surface area contributed by atoms with Crippen LogP contribution < -0.4 is 15.4 Å². The van der Waals surface area contributed by atoms with Gasteiger partial charge >= 0.3 is 0 Å². The first-order valence-corrected chi connectivity index (χ1v) is 8.13. The molecule has 0 atom stereocenters. The number of rotatable bonds is 7. The third-order valence-corrected chi connectivity index (χ3v) is 3.61. The molecule has 0 radical (unpaired) electrons. The summed E-state index contributed by atoms with van der Waals surface area (Å²) in [5.41, 5.74) is 1.14. The van der Waals surface area contributed by atoms with E-state index in [1.165, 1.54) is 0 Å². The van der Waals surface area contributed by atoms with Crippen LogP contribution >= 0.6 is 31.9 Å². The van der Waals surface area contributed by atoms with Gasteiger partial charge in [-0.05, 0) is 69.9 Å². The fraction of sp³-hybridized carbons (Fsp3) is 0.500. The molecule has 1 aromatic carbocycles. The monoisotopic (exact) mass is 406 g/mol. The van der Waals surface area contributed by atoms with Crippen molar-refractivity contribution in [3.63, 3.8) is 0 Å². The smallest absolute Gasteiger partial charge is 0.258 e. The highest BCUT2D eigenvalue weighted by Crippen LogP contribution is 2.34. The Hall–Kier alpha value is -0.590. The molecule has 1 aromatic rings. The zero-order chi connectivity index (χ0) is 15.1. The van der Waals surface area contributed by atoms with Crippen molar-refractivity contribution >= 4 is 37.8 Å². The van der Waals surface area contributed by atoms with Gasteiger partial charge in [0.2, 0.25) is 0 Å². The first kappa shape index (κ1) is 17.5. The molecule has 0 spiro atoms. The fourth-order valence-corrected chi connectivity index (χ4v) is 3.13. The quantitative estimate of drug-likeness (QED) is 0.729. The van der Waals surface area contributed by atoms with E-state index in [-0.39, 0.29) is 18.6 Å². The summed E-state index contributed by atoms with van der Waals surface area (Å²) in [5.74, 6) is 0.514. The molecule has 0 aliphatic rings. The lowest BCUT2D eigenvalue weighted by molar-refractivity contribution is -0.123. The normalized spacial score (nSPS) is 10.7. The summed E-state index contributed by atoms with van der Waals surface area (Å²) >= 11 is 6.95. The van der Waals surface area contributed by atoms with Gasteiger partial charge in [-0.2, -0.15) is 0 Å². The number of halogens is 2. The van der Waals surface area contributed by atoms with E-state index in [9.17, 15) is 4.79 Å². The Morgan fingerprint density at radius 2 is 1.90 bits per heavy atom. The van der Waals surface area contributed by atoms with E-state index in [0.29, 0.717) is 5.75 Å². The zero-order valence-electron chi connectivity index (χ0n) is 11.9. The van der Waals surface area contributed by atoms with Gasteiger partial charge in [0.1, 0.15) is 5.75 Å². The summed E-state index contributed by atoms with van der Waals surface area (Å²) < 4.78 is 7.22. The van der Waals surface area contributed by atoms with Gasteiger partial charge < -0.3 is 15.4 Å². The number of carbonyl (C=O) groups excluding carboxylic acids is 1. The van der Waals surface area contributed by atoms with Gasteiger partial charge in [0.05, 0.1) is 8.95 Å². The third kappa shape index (κ3) is 5.81. The van der Waals surface area contributed by atoms with Gasteiger partial charge in [-0.25, -0.2) is 0 Å². The Morgan fingerprint density at radius 3 is 2.40 bits per heavy atom. The lowest BCUT2D eigenvalue weighted by Gasteiger charge is -2.13. The van der Waals surface area contributed by atoms with Crippen LogP contribution in [0.25, 0.3) is 0 Å². The van der Waals surface area contributed by atoms with Crippen molar-refractivity contribution in [3.05, 3.63) is 26.6 Å². The number of ether oxygens (including phenoxy) is 1. The number of hydrogen-bond acceptors (Lipinski definition) is 3. The maximum absolute atomic E-state index is 11.6. The largest absolute Gasteiger partial charge is 0.481 e. The Morgan fingerprint density at radius 1 is 1.30 bits per heavy atom. The molecule has 0 aliphatic heterocycles. The minimum atomic E-state index is -0.129. The SMILES string of the molecule is CCNCc1cc(Br)c(OCC(=O)NC(C)C)c(Br)c1. The molecule has 112 valence electrons. The van der Waals surface area contributed by atoms with Crippen molar-refractivity contribution < 1.29 is 9.53 Å². The lowest BCUT2D eigenvalue weighted by Crippen LogP contribution is -2.34. The highest BCUT2D eigenvalue weighted by atomic mass is 79.9. The molecule has 0 saturated heterocycles. The molecule has 0 heterocycles. The highest BCUT2D eigenvalue weighted by Gasteiger charge is 2.11. The Kier molecular flexibility index (Phi) is 7.55. The van der Waals surface area contributed by atoms with Crippen LogP contribution in [0.5, 0.6) is 5.75 Å². The van der Waals surface area contributed by atoms with Crippen molar-refractivity contribution in [1.29, 1.82) is 0 Å². The van der Waals surface area contributed by atoms with E-state index in [2.05, 4.69) is 49.4 Å². The summed E-state index contributed by atoms with van der Waals surface area (Å²) in [6.45, 7) is 7.61. The predicted octanol–water partition coefficient (Wildman–Crippen LogP) is 3.22. The summed E-state index contributed by atoms with van der Waals surface area (Å²) in [6, 6.07) is 4.09. The molecule has 0 saturated carbocycles. The Balaban J connectivity index is 2.69. The van der Waals surface area contributed by atoms with Crippen LogP contribution in [0.1, 0.15) is 26.3 Å². The highest BCUT2D eigenvalue weighted by molar-refractivity contribution is 9.11. The van der Waals surface area contributed by atoms with Crippen molar-refractivity contribution in [2.45, 2.75) is 33.4 Å². The van der Waals surface area contributed by atoms with Crippen molar-refractivity contribution in [2.24, 2.45) is 0 Å². The second-order valence-electron chi connectivity index (χ2n) is 4.68. The number of carbonyl (C=O) groups is 1. The molecule has 1 rings (SSSR count). The van der Waals surface area contributed by atoms with Gasteiger partial charge in [0, 0.05) is 12.6 Å². The lowest BCUT2D eigenvalue weighted by atomic mass is 10.2. The second kappa shape index (κ2) is 8.64. The number of nitrogens with one attached hydrogen (secondary N) is 2. The maximum Gasteiger partial charge on any atom is 0.258 e.